The van der Waals surface area contributed by atoms with Crippen molar-refractivity contribution in [2.75, 3.05) is 20.1 Å². The van der Waals surface area contributed by atoms with Gasteiger partial charge in [0.2, 0.25) is 0 Å². The molecule has 0 spiro atoms. The van der Waals surface area contributed by atoms with E-state index < -0.39 is 0 Å². The largest absolute Gasteiger partial charge is 0.507 e. The minimum Gasteiger partial charge on any atom is -0.507 e. The number of hydrogen-bond acceptors (Lipinski definition) is 3. The monoisotopic (exact) mass is 234 g/mol. The molecule has 1 aromatic carbocycles. The maximum atomic E-state index is 12.2. The summed E-state index contributed by atoms with van der Waals surface area (Å²) in [7, 11) is 1.90. The topological polar surface area (TPSA) is 52.6 Å². The molecule has 0 aliphatic carbocycles. The van der Waals surface area contributed by atoms with Crippen molar-refractivity contribution in [2.24, 2.45) is 0 Å². The fourth-order valence-electron chi connectivity index (χ4n) is 2.17. The lowest BCUT2D eigenvalue weighted by atomic mass is 10.1. The molecule has 4 heteroatoms. The summed E-state index contributed by atoms with van der Waals surface area (Å²) in [4.78, 5) is 14.0. The van der Waals surface area contributed by atoms with E-state index in [4.69, 9.17) is 0 Å². The standard InChI is InChI=1S/C13H18N2O2/c1-9-3-4-11(12(16)7-9)13(17)15-6-5-10(8-15)14-2/h3-4,7,10,14,16H,5-6,8H2,1-2H3. The number of carbonyl (C=O) groups excluding carboxylic acids is 1. The molecule has 0 radical (unpaired) electrons. The van der Waals surface area contributed by atoms with Crippen molar-refractivity contribution >= 4 is 5.91 Å². The van der Waals surface area contributed by atoms with Crippen LogP contribution in [0.4, 0.5) is 0 Å². The van der Waals surface area contributed by atoms with Crippen molar-refractivity contribution in [3.63, 3.8) is 0 Å². The molecule has 1 aromatic rings. The Bertz CT molecular complexity index is 431. The van der Waals surface area contributed by atoms with E-state index in [0.717, 1.165) is 18.5 Å². The number of phenols is 1. The van der Waals surface area contributed by atoms with Crippen LogP contribution in [0.1, 0.15) is 22.3 Å². The molecular formula is C13H18N2O2. The molecule has 1 saturated heterocycles. The Morgan fingerprint density at radius 1 is 1.53 bits per heavy atom. The first kappa shape index (κ1) is 11.9. The van der Waals surface area contributed by atoms with Gasteiger partial charge < -0.3 is 15.3 Å². The number of aromatic hydroxyl groups is 1. The van der Waals surface area contributed by atoms with Gasteiger partial charge >= 0.3 is 0 Å². The molecule has 2 N–H and O–H groups in total. The summed E-state index contributed by atoms with van der Waals surface area (Å²) in [6.45, 7) is 3.35. The number of hydrogen-bond donors (Lipinski definition) is 2. The van der Waals surface area contributed by atoms with Gasteiger partial charge in [0.05, 0.1) is 5.56 Å². The first-order chi connectivity index (χ1) is 8.11. The number of rotatable bonds is 2. The van der Waals surface area contributed by atoms with Gasteiger partial charge in [-0.15, -0.1) is 0 Å². The third kappa shape index (κ3) is 2.42. The average molecular weight is 234 g/mol. The third-order valence-electron chi connectivity index (χ3n) is 3.27. The van der Waals surface area contributed by atoms with E-state index in [0.29, 0.717) is 18.2 Å². The predicted octanol–water partition coefficient (Wildman–Crippen LogP) is 1.13. The van der Waals surface area contributed by atoms with Crippen molar-refractivity contribution in [3.05, 3.63) is 29.3 Å². The van der Waals surface area contributed by atoms with Gasteiger partial charge in [-0.1, -0.05) is 6.07 Å². The molecule has 1 amide bonds. The predicted molar refractivity (Wildman–Crippen MR) is 66.2 cm³/mol. The van der Waals surface area contributed by atoms with Crippen LogP contribution in [0, 0.1) is 6.92 Å². The molecular weight excluding hydrogens is 216 g/mol. The summed E-state index contributed by atoms with van der Waals surface area (Å²) in [6.07, 6.45) is 0.967. The number of benzene rings is 1. The van der Waals surface area contributed by atoms with Crippen molar-refractivity contribution in [1.29, 1.82) is 0 Å². The number of carbonyl (C=O) groups is 1. The van der Waals surface area contributed by atoms with Crippen LogP contribution in [0.15, 0.2) is 18.2 Å². The lowest BCUT2D eigenvalue weighted by Crippen LogP contribution is -2.33. The average Bonchev–Trinajstić information content (AvgIpc) is 2.76. The maximum absolute atomic E-state index is 12.2. The van der Waals surface area contributed by atoms with E-state index in [2.05, 4.69) is 5.32 Å². The Labute approximate surface area is 101 Å². The first-order valence-electron chi connectivity index (χ1n) is 5.88. The molecule has 0 bridgehead atoms. The zero-order valence-electron chi connectivity index (χ0n) is 10.2. The van der Waals surface area contributed by atoms with E-state index >= 15 is 0 Å². The summed E-state index contributed by atoms with van der Waals surface area (Å²) in [5, 5.41) is 12.9. The highest BCUT2D eigenvalue weighted by atomic mass is 16.3. The summed E-state index contributed by atoms with van der Waals surface area (Å²) in [6, 6.07) is 5.53. The van der Waals surface area contributed by atoms with E-state index in [1.807, 2.05) is 20.0 Å². The number of likely N-dealkylation sites (N-methyl/N-ethyl adjacent to an activating group) is 1. The Morgan fingerprint density at radius 2 is 2.29 bits per heavy atom. The van der Waals surface area contributed by atoms with E-state index in [1.165, 1.54) is 0 Å². The number of nitrogens with one attached hydrogen (secondary N) is 1. The second-order valence-corrected chi connectivity index (χ2v) is 4.55. The molecule has 17 heavy (non-hydrogen) atoms. The number of likely N-dealkylation sites (tertiary alicyclic amines) is 1. The second kappa shape index (κ2) is 4.75. The normalized spacial score (nSPS) is 19.6. The van der Waals surface area contributed by atoms with Crippen LogP contribution in [0.3, 0.4) is 0 Å². The fraction of sp³-hybridized carbons (Fsp3) is 0.462. The van der Waals surface area contributed by atoms with Gasteiger partial charge in [-0.2, -0.15) is 0 Å². The zero-order chi connectivity index (χ0) is 12.4. The summed E-state index contributed by atoms with van der Waals surface area (Å²) in [5.41, 5.74) is 1.35. The van der Waals surface area contributed by atoms with Crippen LogP contribution >= 0.6 is 0 Å². The van der Waals surface area contributed by atoms with Crippen LogP contribution < -0.4 is 5.32 Å². The van der Waals surface area contributed by atoms with Gasteiger partial charge in [-0.25, -0.2) is 0 Å². The van der Waals surface area contributed by atoms with Gasteiger partial charge in [0.25, 0.3) is 5.91 Å². The van der Waals surface area contributed by atoms with Crippen molar-refractivity contribution < 1.29 is 9.90 Å². The lowest BCUT2D eigenvalue weighted by molar-refractivity contribution is 0.0786. The molecule has 92 valence electrons. The molecule has 1 aliphatic heterocycles. The first-order valence-corrected chi connectivity index (χ1v) is 5.88. The fourth-order valence-corrected chi connectivity index (χ4v) is 2.17. The molecule has 0 saturated carbocycles. The molecule has 1 unspecified atom stereocenters. The van der Waals surface area contributed by atoms with Gasteiger partial charge in [0.15, 0.2) is 0 Å². The molecule has 4 nitrogen and oxygen atoms in total. The Morgan fingerprint density at radius 3 is 2.88 bits per heavy atom. The van der Waals surface area contributed by atoms with Crippen molar-refractivity contribution in [1.82, 2.24) is 10.2 Å². The number of nitrogens with zero attached hydrogens (tertiary/aromatic N) is 1. The van der Waals surface area contributed by atoms with Crippen LogP contribution in [0.25, 0.3) is 0 Å². The molecule has 1 fully saturated rings. The van der Waals surface area contributed by atoms with Crippen molar-refractivity contribution in [3.8, 4) is 5.75 Å². The number of aryl methyl sites for hydroxylation is 1. The molecule has 1 atom stereocenters. The second-order valence-electron chi connectivity index (χ2n) is 4.55. The molecule has 2 rings (SSSR count). The summed E-state index contributed by atoms with van der Waals surface area (Å²) >= 11 is 0. The molecule has 1 heterocycles. The highest BCUT2D eigenvalue weighted by molar-refractivity contribution is 5.97. The SMILES string of the molecule is CNC1CCN(C(=O)c2ccc(C)cc2O)C1. The van der Waals surface area contributed by atoms with Gasteiger partial charge in [-0.3, -0.25) is 4.79 Å². The Balaban J connectivity index is 2.15. The van der Waals surface area contributed by atoms with Crippen LogP contribution in [0.5, 0.6) is 5.75 Å². The van der Waals surface area contributed by atoms with Crippen LogP contribution in [-0.2, 0) is 0 Å². The zero-order valence-corrected chi connectivity index (χ0v) is 10.2. The summed E-state index contributed by atoms with van der Waals surface area (Å²) < 4.78 is 0. The third-order valence-corrected chi connectivity index (χ3v) is 3.27. The van der Waals surface area contributed by atoms with Gasteiger partial charge in [-0.05, 0) is 38.1 Å². The molecule has 1 aliphatic rings. The number of phenolic OH excluding ortho intramolecular Hbond substituents is 1. The lowest BCUT2D eigenvalue weighted by Gasteiger charge is -2.17. The van der Waals surface area contributed by atoms with E-state index in [-0.39, 0.29) is 11.7 Å². The Hall–Kier alpha value is -1.55. The van der Waals surface area contributed by atoms with E-state index in [9.17, 15) is 9.90 Å². The van der Waals surface area contributed by atoms with Gasteiger partial charge in [0, 0.05) is 19.1 Å². The highest BCUT2D eigenvalue weighted by Gasteiger charge is 2.27. The van der Waals surface area contributed by atoms with Crippen LogP contribution in [0.2, 0.25) is 0 Å². The minimum atomic E-state index is -0.0831. The van der Waals surface area contributed by atoms with E-state index in [1.54, 1.807) is 17.0 Å². The summed E-state index contributed by atoms with van der Waals surface area (Å²) in [5.74, 6) is -0.0110. The molecule has 0 aromatic heterocycles. The van der Waals surface area contributed by atoms with Crippen LogP contribution in [-0.4, -0.2) is 42.1 Å². The quantitative estimate of drug-likeness (QED) is 0.806. The Kier molecular flexibility index (Phi) is 3.33. The maximum Gasteiger partial charge on any atom is 0.257 e. The van der Waals surface area contributed by atoms with Gasteiger partial charge in [0.1, 0.15) is 5.75 Å². The minimum absolute atomic E-state index is 0.0721. The highest BCUT2D eigenvalue weighted by Crippen LogP contribution is 2.22. The smallest absolute Gasteiger partial charge is 0.257 e. The van der Waals surface area contributed by atoms with Crippen molar-refractivity contribution in [2.45, 2.75) is 19.4 Å². The number of amides is 1.